The Labute approximate surface area is 104 Å². The summed E-state index contributed by atoms with van der Waals surface area (Å²) in [5.41, 5.74) is 7.45. The number of nitrogens with zero attached hydrogens (tertiary/aromatic N) is 1. The number of thiazole rings is 1. The molecule has 2 N–H and O–H groups in total. The number of aromatic nitrogens is 1. The summed E-state index contributed by atoms with van der Waals surface area (Å²) in [5, 5.41) is 3.06. The standard InChI is InChI=1S/C13H14N2OS/c14-10(8-13-15-5-6-17-13)12-7-9-3-1-2-4-11(9)16-12/h1-6,10,12H,7-8,14H2. The average molecular weight is 246 g/mol. The van der Waals surface area contributed by atoms with Gasteiger partial charge in [0.15, 0.2) is 0 Å². The van der Waals surface area contributed by atoms with Gasteiger partial charge >= 0.3 is 0 Å². The molecule has 1 aromatic heterocycles. The van der Waals surface area contributed by atoms with Crippen LogP contribution in [0, 0.1) is 0 Å². The molecule has 88 valence electrons. The summed E-state index contributed by atoms with van der Waals surface area (Å²) in [7, 11) is 0. The number of nitrogens with two attached hydrogens (primary N) is 1. The highest BCUT2D eigenvalue weighted by Crippen LogP contribution is 2.29. The molecule has 1 aliphatic heterocycles. The minimum atomic E-state index is 0.00792. The molecular formula is C13H14N2OS. The van der Waals surface area contributed by atoms with E-state index in [0.717, 1.165) is 23.6 Å². The van der Waals surface area contributed by atoms with E-state index in [0.29, 0.717) is 0 Å². The lowest BCUT2D eigenvalue weighted by Crippen LogP contribution is -2.39. The highest BCUT2D eigenvalue weighted by atomic mass is 32.1. The molecule has 0 radical (unpaired) electrons. The number of benzene rings is 1. The summed E-state index contributed by atoms with van der Waals surface area (Å²) in [6.45, 7) is 0. The number of rotatable bonds is 3. The van der Waals surface area contributed by atoms with E-state index in [1.54, 1.807) is 11.3 Å². The fourth-order valence-corrected chi connectivity index (χ4v) is 2.82. The van der Waals surface area contributed by atoms with Crippen LogP contribution < -0.4 is 10.5 Å². The quantitative estimate of drug-likeness (QED) is 0.901. The topological polar surface area (TPSA) is 48.1 Å². The fourth-order valence-electron chi connectivity index (χ4n) is 2.13. The van der Waals surface area contributed by atoms with Gasteiger partial charge in [0.25, 0.3) is 0 Å². The van der Waals surface area contributed by atoms with Crippen LogP contribution in [0.25, 0.3) is 0 Å². The second-order valence-electron chi connectivity index (χ2n) is 4.26. The van der Waals surface area contributed by atoms with Crippen LogP contribution in [0.2, 0.25) is 0 Å². The molecule has 1 aromatic carbocycles. The maximum atomic E-state index is 6.19. The molecule has 0 amide bonds. The Bertz CT molecular complexity index is 473. The van der Waals surface area contributed by atoms with E-state index < -0.39 is 0 Å². The first-order valence-corrected chi connectivity index (χ1v) is 6.59. The van der Waals surface area contributed by atoms with Gasteiger partial charge in [-0.15, -0.1) is 11.3 Å². The van der Waals surface area contributed by atoms with E-state index in [2.05, 4.69) is 11.1 Å². The summed E-state index contributed by atoms with van der Waals surface area (Å²) < 4.78 is 5.87. The van der Waals surface area contributed by atoms with Crippen molar-refractivity contribution in [2.75, 3.05) is 0 Å². The van der Waals surface area contributed by atoms with Crippen molar-refractivity contribution in [1.29, 1.82) is 0 Å². The van der Waals surface area contributed by atoms with Crippen molar-refractivity contribution in [1.82, 2.24) is 4.98 Å². The molecule has 0 saturated carbocycles. The Morgan fingerprint density at radius 1 is 1.47 bits per heavy atom. The van der Waals surface area contributed by atoms with Crippen molar-refractivity contribution in [3.05, 3.63) is 46.4 Å². The predicted molar refractivity (Wildman–Crippen MR) is 68.4 cm³/mol. The largest absolute Gasteiger partial charge is 0.488 e. The van der Waals surface area contributed by atoms with Crippen molar-refractivity contribution in [2.45, 2.75) is 25.0 Å². The van der Waals surface area contributed by atoms with Gasteiger partial charge in [0.1, 0.15) is 11.9 Å². The second kappa shape index (κ2) is 4.47. The number of para-hydroxylation sites is 1. The van der Waals surface area contributed by atoms with E-state index in [1.165, 1.54) is 5.56 Å². The van der Waals surface area contributed by atoms with E-state index in [-0.39, 0.29) is 12.1 Å². The minimum Gasteiger partial charge on any atom is -0.488 e. The second-order valence-corrected chi connectivity index (χ2v) is 5.24. The monoisotopic (exact) mass is 246 g/mol. The molecule has 0 fully saturated rings. The summed E-state index contributed by atoms with van der Waals surface area (Å²) in [4.78, 5) is 4.26. The smallest absolute Gasteiger partial charge is 0.123 e. The Morgan fingerprint density at radius 3 is 3.12 bits per heavy atom. The third kappa shape index (κ3) is 2.18. The molecule has 17 heavy (non-hydrogen) atoms. The number of hydrogen-bond acceptors (Lipinski definition) is 4. The molecule has 3 nitrogen and oxygen atoms in total. The van der Waals surface area contributed by atoms with Crippen molar-refractivity contribution >= 4 is 11.3 Å². The normalized spacial score (nSPS) is 19.7. The number of hydrogen-bond donors (Lipinski definition) is 1. The SMILES string of the molecule is NC(Cc1nccs1)C1Cc2ccccc2O1. The van der Waals surface area contributed by atoms with Crippen molar-refractivity contribution in [3.8, 4) is 5.75 Å². The number of ether oxygens (including phenoxy) is 1. The van der Waals surface area contributed by atoms with Crippen LogP contribution >= 0.6 is 11.3 Å². The van der Waals surface area contributed by atoms with Crippen LogP contribution in [0.3, 0.4) is 0 Å². The van der Waals surface area contributed by atoms with Crippen molar-refractivity contribution in [2.24, 2.45) is 5.73 Å². The molecule has 0 spiro atoms. The van der Waals surface area contributed by atoms with Gasteiger partial charge in [-0.3, -0.25) is 0 Å². The van der Waals surface area contributed by atoms with E-state index in [1.807, 2.05) is 29.8 Å². The average Bonchev–Trinajstić information content (AvgIpc) is 2.96. The summed E-state index contributed by atoms with van der Waals surface area (Å²) in [6.07, 6.45) is 3.59. The van der Waals surface area contributed by atoms with Crippen molar-refractivity contribution in [3.63, 3.8) is 0 Å². The first-order valence-electron chi connectivity index (χ1n) is 5.71. The number of fused-ring (bicyclic) bond motifs is 1. The molecule has 0 bridgehead atoms. The van der Waals surface area contributed by atoms with Gasteiger partial charge in [-0.05, 0) is 11.6 Å². The van der Waals surface area contributed by atoms with Gasteiger partial charge in [0, 0.05) is 30.5 Å². The van der Waals surface area contributed by atoms with E-state index >= 15 is 0 Å². The lowest BCUT2D eigenvalue weighted by molar-refractivity contribution is 0.198. The highest BCUT2D eigenvalue weighted by molar-refractivity contribution is 7.09. The van der Waals surface area contributed by atoms with Gasteiger partial charge in [-0.25, -0.2) is 4.98 Å². The maximum Gasteiger partial charge on any atom is 0.123 e. The van der Waals surface area contributed by atoms with Crippen LogP contribution in [0.1, 0.15) is 10.6 Å². The van der Waals surface area contributed by atoms with Gasteiger partial charge in [-0.1, -0.05) is 18.2 Å². The summed E-state index contributed by atoms with van der Waals surface area (Å²) in [5.74, 6) is 0.979. The summed E-state index contributed by atoms with van der Waals surface area (Å²) >= 11 is 1.65. The zero-order valence-corrected chi connectivity index (χ0v) is 10.2. The van der Waals surface area contributed by atoms with Gasteiger partial charge in [0.05, 0.1) is 5.01 Å². The zero-order chi connectivity index (χ0) is 11.7. The molecule has 1 aliphatic rings. The van der Waals surface area contributed by atoms with Crippen molar-refractivity contribution < 1.29 is 4.74 Å². The van der Waals surface area contributed by atoms with Crippen LogP contribution in [0.15, 0.2) is 35.8 Å². The third-order valence-corrected chi connectivity index (χ3v) is 3.85. The first kappa shape index (κ1) is 10.7. The third-order valence-electron chi connectivity index (χ3n) is 3.04. The fraction of sp³-hybridized carbons (Fsp3) is 0.308. The minimum absolute atomic E-state index is 0.00792. The van der Waals surface area contributed by atoms with Gasteiger partial charge < -0.3 is 10.5 Å². The molecule has 4 heteroatoms. The summed E-state index contributed by atoms with van der Waals surface area (Å²) in [6, 6.07) is 8.15. The molecule has 0 aliphatic carbocycles. The Morgan fingerprint density at radius 2 is 2.35 bits per heavy atom. The lowest BCUT2D eigenvalue weighted by atomic mass is 10.0. The van der Waals surface area contributed by atoms with Crippen LogP contribution in [-0.2, 0) is 12.8 Å². The highest BCUT2D eigenvalue weighted by Gasteiger charge is 2.28. The van der Waals surface area contributed by atoms with E-state index in [4.69, 9.17) is 10.5 Å². The molecule has 2 atom stereocenters. The molecule has 2 unspecified atom stereocenters. The maximum absolute atomic E-state index is 6.19. The molecule has 2 aromatic rings. The van der Waals surface area contributed by atoms with E-state index in [9.17, 15) is 0 Å². The van der Waals surface area contributed by atoms with Crippen LogP contribution in [0.4, 0.5) is 0 Å². The Balaban J connectivity index is 1.68. The molecule has 0 saturated heterocycles. The van der Waals surface area contributed by atoms with Crippen LogP contribution in [-0.4, -0.2) is 17.1 Å². The zero-order valence-electron chi connectivity index (χ0n) is 9.37. The molecular weight excluding hydrogens is 232 g/mol. The molecule has 3 rings (SSSR count). The first-order chi connectivity index (χ1) is 8.33. The Hall–Kier alpha value is -1.39. The molecule has 2 heterocycles. The van der Waals surface area contributed by atoms with Gasteiger partial charge in [0.2, 0.25) is 0 Å². The Kier molecular flexibility index (Phi) is 2.82. The lowest BCUT2D eigenvalue weighted by Gasteiger charge is -2.17. The predicted octanol–water partition coefficient (Wildman–Crippen LogP) is 2.02. The van der Waals surface area contributed by atoms with Crippen LogP contribution in [0.5, 0.6) is 5.75 Å². The van der Waals surface area contributed by atoms with Gasteiger partial charge in [-0.2, -0.15) is 0 Å².